The van der Waals surface area contributed by atoms with Gasteiger partial charge in [-0.3, -0.25) is 13.8 Å². The smallest absolute Gasteiger partial charge is 0.387 e. The van der Waals surface area contributed by atoms with Crippen molar-refractivity contribution in [2.45, 2.75) is 270 Å². The molecule has 0 radical (unpaired) electrons. The molecule has 3 unspecified atom stereocenters. The van der Waals surface area contributed by atoms with Gasteiger partial charge in [-0.05, 0) is 89.9 Å². The lowest BCUT2D eigenvalue weighted by atomic mass is 10.0. The summed E-state index contributed by atoms with van der Waals surface area (Å²) >= 11 is 0. The molecular formula is C67H120N2O6P+. The molecule has 1 amide bonds. The van der Waals surface area contributed by atoms with E-state index < -0.39 is 20.0 Å². The summed E-state index contributed by atoms with van der Waals surface area (Å²) in [5.74, 6) is -0.201. The minimum Gasteiger partial charge on any atom is -0.387 e. The van der Waals surface area contributed by atoms with Crippen molar-refractivity contribution in [3.05, 3.63) is 109 Å². The molecule has 0 aromatic heterocycles. The molecule has 0 fully saturated rings. The number of nitrogens with zero attached hydrogens (tertiary/aromatic N) is 1. The molecule has 0 spiro atoms. The Labute approximate surface area is 470 Å². The second kappa shape index (κ2) is 56.9. The summed E-state index contributed by atoms with van der Waals surface area (Å²) in [6.45, 7) is 4.68. The maximum absolute atomic E-state index is 13.0. The second-order valence-electron chi connectivity index (χ2n) is 22.0. The van der Waals surface area contributed by atoms with Gasteiger partial charge in [-0.2, -0.15) is 0 Å². The number of nitrogens with one attached hydrogen (secondary N) is 1. The largest absolute Gasteiger partial charge is 0.472 e. The van der Waals surface area contributed by atoms with Gasteiger partial charge in [0.2, 0.25) is 5.91 Å². The summed E-state index contributed by atoms with van der Waals surface area (Å²) in [7, 11) is 1.54. The number of likely N-dealkylation sites (N-methyl/N-ethyl adjacent to an activating group) is 1. The van der Waals surface area contributed by atoms with Gasteiger partial charge in [0, 0.05) is 6.42 Å². The predicted octanol–water partition coefficient (Wildman–Crippen LogP) is 19.5. The van der Waals surface area contributed by atoms with Crippen LogP contribution in [0.5, 0.6) is 0 Å². The third-order valence-corrected chi connectivity index (χ3v) is 14.5. The molecule has 0 bridgehead atoms. The first kappa shape index (κ1) is 73.2. The van der Waals surface area contributed by atoms with Crippen molar-refractivity contribution < 1.29 is 32.9 Å². The number of phosphoric ester groups is 1. The van der Waals surface area contributed by atoms with E-state index in [0.717, 1.165) is 96.3 Å². The van der Waals surface area contributed by atoms with Crippen LogP contribution in [0.1, 0.15) is 258 Å². The number of carbonyl (C=O) groups is 1. The van der Waals surface area contributed by atoms with Gasteiger partial charge in [-0.15, -0.1) is 0 Å². The summed E-state index contributed by atoms with van der Waals surface area (Å²) in [6, 6.07) is -0.879. The molecule has 76 heavy (non-hydrogen) atoms. The highest BCUT2D eigenvalue weighted by molar-refractivity contribution is 7.47. The average Bonchev–Trinajstić information content (AvgIpc) is 3.38. The van der Waals surface area contributed by atoms with E-state index in [-0.39, 0.29) is 19.1 Å². The van der Waals surface area contributed by atoms with E-state index in [9.17, 15) is 19.4 Å². The molecule has 0 saturated carbocycles. The molecule has 0 aliphatic rings. The molecule has 0 saturated heterocycles. The van der Waals surface area contributed by atoms with Crippen LogP contribution in [0, 0.1) is 0 Å². The first-order valence-electron chi connectivity index (χ1n) is 31.3. The lowest BCUT2D eigenvalue weighted by Gasteiger charge is -2.25. The molecule has 3 N–H and O–H groups in total. The zero-order valence-electron chi connectivity index (χ0n) is 50.0. The third-order valence-electron chi connectivity index (χ3n) is 13.5. The van der Waals surface area contributed by atoms with E-state index in [4.69, 9.17) is 9.05 Å². The number of hydrogen-bond acceptors (Lipinski definition) is 5. The molecular weight excluding hydrogens is 960 g/mol. The number of amides is 1. The molecule has 9 heteroatoms. The molecule has 438 valence electrons. The van der Waals surface area contributed by atoms with Crippen molar-refractivity contribution in [1.29, 1.82) is 0 Å². The SMILES string of the molecule is CC/C=C\C/C=C\C/C=C\C/C=C\C/C=C\C/C=C\C/C=C\CCCCCCCCCC(=O)NC(COP(=O)(O)OCC[N+](C)(C)C)C(O)/C=C/CC/C=C/CCCCCCCCCCCCCCCCCCCCC. The van der Waals surface area contributed by atoms with Crippen LogP contribution in [0.25, 0.3) is 0 Å². The standard InChI is InChI=1S/C67H119N2O6P/c1-6-8-10-12-14-16-18-20-22-24-26-28-30-32-33-34-35-37-39-41-43-45-47-49-51-53-55-57-59-61-67(71)68-65(64-75-76(72,73)74-63-62-69(3,4)5)66(70)60-58-56-54-52-50-48-46-44-42-40-38-36-31-29-27-25-23-21-19-17-15-13-11-9-7-2/h8,10,14,16,20,22,26,28,32-33,35,37,41,43,50,52,58,60,65-66,70H,6-7,9,11-13,15,17-19,21,23-25,27,29-31,34,36,38-40,42,44-49,51,53-57,59,61-64H2,1-5H3,(H-,68,71,72,73)/p+1/b10-8-,16-14-,22-20-,28-26-,33-32-,37-35-,43-41-,52-50+,60-58+. The number of hydrogen-bond donors (Lipinski definition) is 3. The lowest BCUT2D eigenvalue weighted by molar-refractivity contribution is -0.870. The van der Waals surface area contributed by atoms with E-state index >= 15 is 0 Å². The average molecular weight is 1080 g/mol. The molecule has 0 aliphatic carbocycles. The van der Waals surface area contributed by atoms with Gasteiger partial charge in [0.15, 0.2) is 0 Å². The summed E-state index contributed by atoms with van der Waals surface area (Å²) in [6.07, 6.45) is 83.5. The van der Waals surface area contributed by atoms with Crippen LogP contribution in [0.4, 0.5) is 0 Å². The maximum Gasteiger partial charge on any atom is 0.472 e. The summed E-state index contributed by atoms with van der Waals surface area (Å²) in [4.78, 5) is 23.4. The summed E-state index contributed by atoms with van der Waals surface area (Å²) in [5, 5.41) is 13.9. The van der Waals surface area contributed by atoms with E-state index in [1.165, 1.54) is 141 Å². The highest BCUT2D eigenvalue weighted by Crippen LogP contribution is 2.43. The van der Waals surface area contributed by atoms with Crippen molar-refractivity contribution >= 4 is 13.7 Å². The zero-order valence-corrected chi connectivity index (χ0v) is 50.9. The van der Waals surface area contributed by atoms with Crippen molar-refractivity contribution in [3.8, 4) is 0 Å². The second-order valence-corrected chi connectivity index (χ2v) is 23.5. The van der Waals surface area contributed by atoms with Crippen LogP contribution in [0.3, 0.4) is 0 Å². The fraction of sp³-hybridized carbons (Fsp3) is 0.716. The van der Waals surface area contributed by atoms with Crippen LogP contribution in [-0.4, -0.2) is 73.4 Å². The Morgan fingerprint density at radius 1 is 0.461 bits per heavy atom. The Kier molecular flexibility index (Phi) is 54.7. The van der Waals surface area contributed by atoms with E-state index in [1.807, 2.05) is 27.2 Å². The molecule has 0 heterocycles. The highest BCUT2D eigenvalue weighted by Gasteiger charge is 2.27. The van der Waals surface area contributed by atoms with E-state index in [0.29, 0.717) is 17.4 Å². The van der Waals surface area contributed by atoms with E-state index in [1.54, 1.807) is 6.08 Å². The maximum atomic E-state index is 13.0. The van der Waals surface area contributed by atoms with Gasteiger partial charge in [-0.25, -0.2) is 4.57 Å². The minimum atomic E-state index is -4.37. The van der Waals surface area contributed by atoms with Gasteiger partial charge in [-0.1, -0.05) is 271 Å². The first-order valence-corrected chi connectivity index (χ1v) is 32.8. The number of carbonyl (C=O) groups excluding carboxylic acids is 1. The Hall–Kier alpha value is -2.84. The Bertz CT molecular complexity index is 1600. The van der Waals surface area contributed by atoms with Crippen LogP contribution in [-0.2, 0) is 18.4 Å². The summed E-state index contributed by atoms with van der Waals surface area (Å²) in [5.41, 5.74) is 0. The Morgan fingerprint density at radius 3 is 1.21 bits per heavy atom. The number of unbranched alkanes of at least 4 members (excludes halogenated alkanes) is 27. The van der Waals surface area contributed by atoms with Gasteiger partial charge >= 0.3 is 7.82 Å². The Balaban J connectivity index is 4.27. The van der Waals surface area contributed by atoms with Crippen LogP contribution in [0.15, 0.2) is 109 Å². The molecule has 0 aliphatic heterocycles. The number of aliphatic hydroxyl groups excluding tert-OH is 1. The van der Waals surface area contributed by atoms with Crippen molar-refractivity contribution in [3.63, 3.8) is 0 Å². The van der Waals surface area contributed by atoms with Crippen LogP contribution >= 0.6 is 7.82 Å². The number of quaternary nitrogens is 1. The fourth-order valence-corrected chi connectivity index (χ4v) is 9.36. The molecule has 3 atom stereocenters. The highest BCUT2D eigenvalue weighted by atomic mass is 31.2. The Morgan fingerprint density at radius 2 is 0.803 bits per heavy atom. The first-order chi connectivity index (χ1) is 37.0. The van der Waals surface area contributed by atoms with Gasteiger partial charge < -0.3 is 19.8 Å². The number of rotatable bonds is 56. The van der Waals surface area contributed by atoms with Gasteiger partial charge in [0.05, 0.1) is 39.9 Å². The van der Waals surface area contributed by atoms with E-state index in [2.05, 4.69) is 116 Å². The summed E-state index contributed by atoms with van der Waals surface area (Å²) < 4.78 is 23.7. The van der Waals surface area contributed by atoms with Crippen molar-refractivity contribution in [1.82, 2.24) is 5.32 Å². The third kappa shape index (κ3) is 58.8. The van der Waals surface area contributed by atoms with Crippen LogP contribution in [0.2, 0.25) is 0 Å². The quantitative estimate of drug-likeness (QED) is 0.0243. The number of aliphatic hydroxyl groups is 1. The molecule has 0 aromatic carbocycles. The van der Waals surface area contributed by atoms with Crippen LogP contribution < -0.4 is 5.32 Å². The molecule has 0 aromatic rings. The van der Waals surface area contributed by atoms with Gasteiger partial charge in [0.25, 0.3) is 0 Å². The predicted molar refractivity (Wildman–Crippen MR) is 332 cm³/mol. The van der Waals surface area contributed by atoms with Crippen molar-refractivity contribution in [2.75, 3.05) is 40.9 Å². The fourth-order valence-electron chi connectivity index (χ4n) is 8.63. The number of allylic oxidation sites excluding steroid dienone is 17. The monoisotopic (exact) mass is 1080 g/mol. The van der Waals surface area contributed by atoms with Crippen molar-refractivity contribution in [2.24, 2.45) is 0 Å². The molecule has 8 nitrogen and oxygen atoms in total. The number of phosphoric acid groups is 1. The molecule has 0 rings (SSSR count). The van der Waals surface area contributed by atoms with Gasteiger partial charge in [0.1, 0.15) is 13.2 Å². The minimum absolute atomic E-state index is 0.0482. The topological polar surface area (TPSA) is 105 Å². The zero-order chi connectivity index (χ0) is 55.6. The lowest BCUT2D eigenvalue weighted by Crippen LogP contribution is -2.45. The normalized spacial score (nSPS) is 14.6.